The Labute approximate surface area is 112 Å². The summed E-state index contributed by atoms with van der Waals surface area (Å²) in [5.74, 6) is 1.02. The first-order chi connectivity index (χ1) is 9.36. The number of ether oxygens (including phenoxy) is 1. The van der Waals surface area contributed by atoms with Crippen LogP contribution in [-0.4, -0.2) is 28.1 Å². The van der Waals surface area contributed by atoms with Gasteiger partial charge in [0.15, 0.2) is 0 Å². The van der Waals surface area contributed by atoms with Gasteiger partial charge in [0.1, 0.15) is 5.76 Å². The highest BCUT2D eigenvalue weighted by Gasteiger charge is 2.19. The molecule has 0 saturated heterocycles. The maximum atomic E-state index is 5.44. The third kappa shape index (κ3) is 2.72. The minimum Gasteiger partial charge on any atom is -0.468 e. The van der Waals surface area contributed by atoms with E-state index in [0.717, 1.165) is 44.1 Å². The molecule has 0 aromatic carbocycles. The molecule has 3 heterocycles. The molecule has 0 N–H and O–H groups in total. The van der Waals surface area contributed by atoms with Crippen molar-refractivity contribution in [2.75, 3.05) is 13.7 Å². The number of aromatic nitrogens is 2. The Bertz CT molecular complexity index is 519. The SMILES string of the molecule is COCc1ncn2c1CN(Cc1ccco1)CCC2. The Morgan fingerprint density at radius 1 is 1.42 bits per heavy atom. The molecule has 0 bridgehead atoms. The number of nitrogens with zero attached hydrogens (tertiary/aromatic N) is 3. The smallest absolute Gasteiger partial charge is 0.117 e. The zero-order chi connectivity index (χ0) is 13.1. The monoisotopic (exact) mass is 261 g/mol. The summed E-state index contributed by atoms with van der Waals surface area (Å²) in [6.07, 6.45) is 4.80. The van der Waals surface area contributed by atoms with E-state index >= 15 is 0 Å². The highest BCUT2D eigenvalue weighted by Crippen LogP contribution is 2.18. The molecule has 1 aliphatic rings. The van der Waals surface area contributed by atoms with E-state index in [1.54, 1.807) is 13.4 Å². The van der Waals surface area contributed by atoms with Crippen LogP contribution in [-0.2, 0) is 31.0 Å². The van der Waals surface area contributed by atoms with Crippen molar-refractivity contribution >= 4 is 0 Å². The van der Waals surface area contributed by atoms with Crippen molar-refractivity contribution in [3.63, 3.8) is 0 Å². The molecular formula is C14H19N3O2. The maximum absolute atomic E-state index is 5.44. The van der Waals surface area contributed by atoms with Gasteiger partial charge in [0, 0.05) is 26.7 Å². The summed E-state index contributed by atoms with van der Waals surface area (Å²) >= 11 is 0. The summed E-state index contributed by atoms with van der Waals surface area (Å²) in [4.78, 5) is 6.85. The Morgan fingerprint density at radius 2 is 2.37 bits per heavy atom. The van der Waals surface area contributed by atoms with Crippen molar-refractivity contribution in [3.8, 4) is 0 Å². The molecular weight excluding hydrogens is 242 g/mol. The second kappa shape index (κ2) is 5.59. The molecule has 0 unspecified atom stereocenters. The second-order valence-corrected chi connectivity index (χ2v) is 4.91. The van der Waals surface area contributed by atoms with Gasteiger partial charge in [-0.3, -0.25) is 4.90 Å². The van der Waals surface area contributed by atoms with Crippen LogP contribution in [0, 0.1) is 0 Å². The van der Waals surface area contributed by atoms with Gasteiger partial charge in [-0.15, -0.1) is 0 Å². The van der Waals surface area contributed by atoms with E-state index in [2.05, 4.69) is 14.5 Å². The molecule has 0 aliphatic carbocycles. The lowest BCUT2D eigenvalue weighted by Gasteiger charge is -2.18. The molecule has 1 aliphatic heterocycles. The molecule has 0 saturated carbocycles. The maximum Gasteiger partial charge on any atom is 0.117 e. The van der Waals surface area contributed by atoms with E-state index in [1.165, 1.54) is 5.69 Å². The number of imidazole rings is 1. The first-order valence-electron chi connectivity index (χ1n) is 6.63. The van der Waals surface area contributed by atoms with Crippen molar-refractivity contribution in [3.05, 3.63) is 41.9 Å². The fourth-order valence-corrected chi connectivity index (χ4v) is 2.59. The summed E-state index contributed by atoms with van der Waals surface area (Å²) in [7, 11) is 1.71. The number of aryl methyl sites for hydroxylation is 1. The highest BCUT2D eigenvalue weighted by atomic mass is 16.5. The number of furan rings is 1. The van der Waals surface area contributed by atoms with Crippen LogP contribution >= 0.6 is 0 Å². The summed E-state index contributed by atoms with van der Waals surface area (Å²) in [6, 6.07) is 3.96. The molecule has 0 amide bonds. The van der Waals surface area contributed by atoms with Crippen LogP contribution in [0.1, 0.15) is 23.6 Å². The van der Waals surface area contributed by atoms with Gasteiger partial charge in [-0.25, -0.2) is 4.98 Å². The van der Waals surface area contributed by atoms with E-state index in [4.69, 9.17) is 9.15 Å². The average Bonchev–Trinajstić information content (AvgIpc) is 2.98. The number of rotatable bonds is 4. The van der Waals surface area contributed by atoms with Gasteiger partial charge in [-0.05, 0) is 18.6 Å². The number of hydrogen-bond donors (Lipinski definition) is 0. The van der Waals surface area contributed by atoms with Gasteiger partial charge < -0.3 is 13.7 Å². The van der Waals surface area contributed by atoms with Gasteiger partial charge in [-0.1, -0.05) is 0 Å². The number of methoxy groups -OCH3 is 1. The minimum absolute atomic E-state index is 0.580. The standard InChI is InChI=1S/C14H19N3O2/c1-18-10-13-14-9-16(8-12-4-2-7-19-12)5-3-6-17(14)11-15-13/h2,4,7,11H,3,5-6,8-10H2,1H3. The first kappa shape index (κ1) is 12.4. The van der Waals surface area contributed by atoms with Gasteiger partial charge in [0.25, 0.3) is 0 Å². The molecule has 0 atom stereocenters. The first-order valence-corrected chi connectivity index (χ1v) is 6.63. The third-order valence-corrected chi connectivity index (χ3v) is 3.52. The average molecular weight is 261 g/mol. The molecule has 0 radical (unpaired) electrons. The van der Waals surface area contributed by atoms with Crippen molar-refractivity contribution < 1.29 is 9.15 Å². The van der Waals surface area contributed by atoms with Crippen LogP contribution in [0.4, 0.5) is 0 Å². The topological polar surface area (TPSA) is 43.4 Å². The highest BCUT2D eigenvalue weighted by molar-refractivity contribution is 5.13. The van der Waals surface area contributed by atoms with Gasteiger partial charge in [0.05, 0.1) is 37.1 Å². The zero-order valence-electron chi connectivity index (χ0n) is 11.2. The Morgan fingerprint density at radius 3 is 3.16 bits per heavy atom. The van der Waals surface area contributed by atoms with Crippen LogP contribution in [0.25, 0.3) is 0 Å². The van der Waals surface area contributed by atoms with Crippen LogP contribution in [0.5, 0.6) is 0 Å². The fourth-order valence-electron chi connectivity index (χ4n) is 2.59. The number of fused-ring (bicyclic) bond motifs is 1. The lowest BCUT2D eigenvalue weighted by atomic mass is 10.3. The number of hydrogen-bond acceptors (Lipinski definition) is 4. The van der Waals surface area contributed by atoms with Crippen LogP contribution < -0.4 is 0 Å². The predicted molar refractivity (Wildman–Crippen MR) is 70.4 cm³/mol. The lowest BCUT2D eigenvalue weighted by Crippen LogP contribution is -2.23. The van der Waals surface area contributed by atoms with E-state index in [1.807, 2.05) is 18.5 Å². The Kier molecular flexibility index (Phi) is 3.66. The van der Waals surface area contributed by atoms with E-state index in [0.29, 0.717) is 6.61 Å². The van der Waals surface area contributed by atoms with Crippen molar-refractivity contribution in [1.82, 2.24) is 14.5 Å². The molecule has 5 nitrogen and oxygen atoms in total. The molecule has 0 spiro atoms. The Hall–Kier alpha value is -1.59. The Balaban J connectivity index is 1.77. The van der Waals surface area contributed by atoms with Crippen LogP contribution in [0.2, 0.25) is 0 Å². The minimum atomic E-state index is 0.580. The predicted octanol–water partition coefficient (Wildman–Crippen LogP) is 2.03. The van der Waals surface area contributed by atoms with E-state index in [9.17, 15) is 0 Å². The largest absolute Gasteiger partial charge is 0.468 e. The van der Waals surface area contributed by atoms with Crippen molar-refractivity contribution in [2.45, 2.75) is 32.7 Å². The van der Waals surface area contributed by atoms with Gasteiger partial charge in [0.2, 0.25) is 0 Å². The second-order valence-electron chi connectivity index (χ2n) is 4.91. The normalized spacial score (nSPS) is 16.3. The summed E-state index contributed by atoms with van der Waals surface area (Å²) in [6.45, 7) is 4.44. The molecule has 102 valence electrons. The van der Waals surface area contributed by atoms with Gasteiger partial charge in [-0.2, -0.15) is 0 Å². The fraction of sp³-hybridized carbons (Fsp3) is 0.500. The van der Waals surface area contributed by atoms with Crippen LogP contribution in [0.3, 0.4) is 0 Å². The van der Waals surface area contributed by atoms with Crippen LogP contribution in [0.15, 0.2) is 29.1 Å². The molecule has 2 aromatic heterocycles. The molecule has 5 heteroatoms. The quantitative estimate of drug-likeness (QED) is 0.844. The van der Waals surface area contributed by atoms with E-state index < -0.39 is 0 Å². The third-order valence-electron chi connectivity index (χ3n) is 3.52. The van der Waals surface area contributed by atoms with E-state index in [-0.39, 0.29) is 0 Å². The zero-order valence-corrected chi connectivity index (χ0v) is 11.2. The van der Waals surface area contributed by atoms with Crippen molar-refractivity contribution in [1.29, 1.82) is 0 Å². The summed E-state index contributed by atoms with van der Waals surface area (Å²) < 4.78 is 12.9. The summed E-state index contributed by atoms with van der Waals surface area (Å²) in [5.41, 5.74) is 2.32. The molecule has 0 fully saturated rings. The molecule has 2 aromatic rings. The van der Waals surface area contributed by atoms with Gasteiger partial charge >= 0.3 is 0 Å². The summed E-state index contributed by atoms with van der Waals surface area (Å²) in [5, 5.41) is 0. The van der Waals surface area contributed by atoms with Crippen molar-refractivity contribution in [2.24, 2.45) is 0 Å². The molecule has 19 heavy (non-hydrogen) atoms. The molecule has 3 rings (SSSR count). The lowest BCUT2D eigenvalue weighted by molar-refractivity contribution is 0.178.